The first-order valence-corrected chi connectivity index (χ1v) is 15.3. The number of benzene rings is 4. The minimum atomic E-state index is -2.33. The van der Waals surface area contributed by atoms with Crippen molar-refractivity contribution in [2.24, 2.45) is 0 Å². The molecule has 0 aliphatic rings. The largest absolute Gasteiger partial charge is 0.425 e. The van der Waals surface area contributed by atoms with Crippen molar-refractivity contribution in [3.8, 4) is 11.5 Å². The molecule has 5 rings (SSSR count). The first kappa shape index (κ1) is 24.6. The predicted octanol–water partition coefficient (Wildman–Crippen LogP) is 7.16. The lowest BCUT2D eigenvalue weighted by molar-refractivity contribution is 0.487. The molecule has 1 aromatic heterocycles. The van der Waals surface area contributed by atoms with Gasteiger partial charge in [-0.25, -0.2) is 0 Å². The van der Waals surface area contributed by atoms with Crippen LogP contribution in [0.25, 0.3) is 11.5 Å². The van der Waals surface area contributed by atoms with Crippen molar-refractivity contribution < 1.29 is 4.42 Å². The number of aryl methyl sites for hydroxylation is 1. The van der Waals surface area contributed by atoms with Crippen LogP contribution in [-0.4, -0.2) is 10.7 Å². The molecule has 2 nitrogen and oxygen atoms in total. The maximum Gasteiger partial charge on any atom is 0.251 e. The van der Waals surface area contributed by atoms with Crippen molar-refractivity contribution in [2.75, 3.05) is 5.75 Å². The topological polar surface area (TPSA) is 26.0 Å². The minimum absolute atomic E-state index is 0.691. The Morgan fingerprint density at radius 2 is 1.19 bits per heavy atom. The summed E-state index contributed by atoms with van der Waals surface area (Å²) in [5, 5.41) is 4.78. The third-order valence-corrected chi connectivity index (χ3v) is 11.7. The van der Waals surface area contributed by atoms with Crippen molar-refractivity contribution >= 4 is 40.4 Å². The summed E-state index contributed by atoms with van der Waals surface area (Å²) < 4.78 is 6.64. The van der Waals surface area contributed by atoms with E-state index in [0.29, 0.717) is 5.89 Å². The first-order valence-electron chi connectivity index (χ1n) is 12.5. The monoisotopic (exact) mass is 508 g/mol. The molecular weight excluding hydrogens is 477 g/mol. The van der Waals surface area contributed by atoms with Gasteiger partial charge < -0.3 is 4.42 Å². The molecule has 0 aliphatic heterocycles. The maximum atomic E-state index is 6.64. The van der Waals surface area contributed by atoms with E-state index >= 15 is 0 Å². The summed E-state index contributed by atoms with van der Waals surface area (Å²) in [6.07, 6.45) is 2.29. The predicted molar refractivity (Wildman–Crippen MR) is 157 cm³/mol. The van der Waals surface area contributed by atoms with Crippen LogP contribution in [0.3, 0.4) is 0 Å². The molecule has 180 valence electrons. The smallest absolute Gasteiger partial charge is 0.251 e. The Hall–Kier alpha value is -3.13. The van der Waals surface area contributed by atoms with E-state index in [-0.39, 0.29) is 0 Å². The van der Waals surface area contributed by atoms with Crippen LogP contribution in [0.1, 0.15) is 25.3 Å². The molecule has 4 aromatic carbocycles. The molecule has 4 heteroatoms. The standard InChI is InChI=1S/C32H31NOPS/c1-3-4-24-36-32-31(33-30(34-32)26-22-20-25(2)21-23-26)35(27-14-8-5-9-15-27,28-16-10-6-11-17-28)29-18-12-7-13-19-29/h5-23H,3-4,24H2,1-2H3/q+1. The fourth-order valence-electron chi connectivity index (χ4n) is 4.50. The van der Waals surface area contributed by atoms with E-state index in [1.54, 1.807) is 11.8 Å². The van der Waals surface area contributed by atoms with E-state index in [2.05, 4.69) is 129 Å². The highest BCUT2D eigenvalue weighted by Gasteiger charge is 2.52. The van der Waals surface area contributed by atoms with Gasteiger partial charge in [0.1, 0.15) is 15.9 Å². The van der Waals surface area contributed by atoms with Crippen LogP contribution in [0, 0.1) is 6.92 Å². The highest BCUT2D eigenvalue weighted by atomic mass is 32.2. The van der Waals surface area contributed by atoms with Crippen molar-refractivity contribution in [1.82, 2.24) is 4.98 Å². The van der Waals surface area contributed by atoms with Gasteiger partial charge in [0.15, 0.2) is 7.26 Å². The molecule has 0 atom stereocenters. The van der Waals surface area contributed by atoms with E-state index < -0.39 is 7.26 Å². The van der Waals surface area contributed by atoms with Crippen LogP contribution < -0.4 is 21.3 Å². The summed E-state index contributed by atoms with van der Waals surface area (Å²) in [6, 6.07) is 41.1. The second kappa shape index (κ2) is 11.3. The molecule has 0 saturated carbocycles. The summed E-state index contributed by atoms with van der Waals surface area (Å²) in [7, 11) is -2.33. The van der Waals surface area contributed by atoms with Gasteiger partial charge in [-0.1, -0.05) is 97.4 Å². The molecule has 0 N–H and O–H groups in total. The lowest BCUT2D eigenvalue weighted by atomic mass is 10.1. The van der Waals surface area contributed by atoms with Gasteiger partial charge in [-0.2, -0.15) is 4.98 Å². The highest BCUT2D eigenvalue weighted by molar-refractivity contribution is 8.04. The summed E-state index contributed by atoms with van der Waals surface area (Å²) in [4.78, 5) is 5.35. The molecule has 0 unspecified atom stereocenters. The Balaban J connectivity index is 1.83. The fourth-order valence-corrected chi connectivity index (χ4v) is 10.1. The number of nitrogens with zero attached hydrogens (tertiary/aromatic N) is 1. The number of hydrogen-bond acceptors (Lipinski definition) is 3. The summed E-state index contributed by atoms with van der Waals surface area (Å²) in [6.45, 7) is 4.34. The Kier molecular flexibility index (Phi) is 7.70. The van der Waals surface area contributed by atoms with Gasteiger partial charge in [-0.15, -0.1) is 0 Å². The zero-order valence-electron chi connectivity index (χ0n) is 20.8. The summed E-state index contributed by atoms with van der Waals surface area (Å²) in [5.74, 6) is 1.70. The van der Waals surface area contributed by atoms with Crippen molar-refractivity contribution in [2.45, 2.75) is 31.8 Å². The molecule has 0 spiro atoms. The Morgan fingerprint density at radius 1 is 0.694 bits per heavy atom. The average molecular weight is 509 g/mol. The van der Waals surface area contributed by atoms with Crippen LogP contribution in [0.15, 0.2) is 125 Å². The van der Waals surface area contributed by atoms with Gasteiger partial charge in [-0.3, -0.25) is 0 Å². The Labute approximate surface area is 219 Å². The third kappa shape index (κ3) is 4.78. The van der Waals surface area contributed by atoms with Crippen LogP contribution >= 0.6 is 19.0 Å². The summed E-state index contributed by atoms with van der Waals surface area (Å²) in [5.41, 5.74) is 3.29. The minimum Gasteiger partial charge on any atom is -0.425 e. The molecule has 36 heavy (non-hydrogen) atoms. The van der Waals surface area contributed by atoms with Crippen LogP contribution in [-0.2, 0) is 0 Å². The number of hydrogen-bond donors (Lipinski definition) is 0. The molecule has 0 saturated heterocycles. The maximum absolute atomic E-state index is 6.64. The lowest BCUT2D eigenvalue weighted by Crippen LogP contribution is -2.40. The molecule has 0 fully saturated rings. The van der Waals surface area contributed by atoms with Crippen LogP contribution in [0.4, 0.5) is 0 Å². The zero-order chi connectivity index (χ0) is 24.8. The Bertz CT molecular complexity index is 1290. The molecule has 0 radical (unpaired) electrons. The fraction of sp³-hybridized carbons (Fsp3) is 0.156. The number of thioether (sulfide) groups is 1. The van der Waals surface area contributed by atoms with Gasteiger partial charge in [0.25, 0.3) is 5.44 Å². The number of unbranched alkanes of at least 4 members (excludes halogenated alkanes) is 1. The van der Waals surface area contributed by atoms with Gasteiger partial charge in [0, 0.05) is 11.3 Å². The van der Waals surface area contributed by atoms with Crippen LogP contribution in [0.2, 0.25) is 0 Å². The van der Waals surface area contributed by atoms with E-state index in [9.17, 15) is 0 Å². The summed E-state index contributed by atoms with van der Waals surface area (Å²) >= 11 is 1.80. The average Bonchev–Trinajstić information content (AvgIpc) is 3.36. The normalized spacial score (nSPS) is 11.5. The SMILES string of the molecule is CCCCSc1oc(-c2ccc(C)cc2)nc1[P+](c1ccccc1)(c1ccccc1)c1ccccc1. The number of rotatable bonds is 9. The molecule has 0 amide bonds. The van der Waals surface area contributed by atoms with Crippen LogP contribution in [0.5, 0.6) is 0 Å². The number of oxazole rings is 1. The molecule has 1 heterocycles. The van der Waals surface area contributed by atoms with E-state index in [4.69, 9.17) is 9.40 Å². The van der Waals surface area contributed by atoms with Gasteiger partial charge in [0.05, 0.1) is 0 Å². The van der Waals surface area contributed by atoms with E-state index in [0.717, 1.165) is 34.7 Å². The van der Waals surface area contributed by atoms with Crippen molar-refractivity contribution in [3.05, 3.63) is 121 Å². The quantitative estimate of drug-likeness (QED) is 0.120. The first-order chi connectivity index (χ1) is 17.7. The number of aromatic nitrogens is 1. The van der Waals surface area contributed by atoms with E-state index in [1.165, 1.54) is 21.5 Å². The Morgan fingerprint density at radius 3 is 1.67 bits per heavy atom. The second-order valence-electron chi connectivity index (χ2n) is 8.88. The van der Waals surface area contributed by atoms with E-state index in [1.807, 2.05) is 0 Å². The lowest BCUT2D eigenvalue weighted by Gasteiger charge is -2.25. The van der Waals surface area contributed by atoms with Gasteiger partial charge in [-0.05, 0) is 61.9 Å². The highest BCUT2D eigenvalue weighted by Crippen LogP contribution is 2.56. The zero-order valence-corrected chi connectivity index (χ0v) is 22.5. The molecule has 0 aliphatic carbocycles. The molecule has 0 bridgehead atoms. The van der Waals surface area contributed by atoms with Gasteiger partial charge >= 0.3 is 0 Å². The second-order valence-corrected chi connectivity index (χ2v) is 13.3. The molecule has 5 aromatic rings. The van der Waals surface area contributed by atoms with Gasteiger partial charge in [0.2, 0.25) is 11.0 Å². The van der Waals surface area contributed by atoms with Crippen molar-refractivity contribution in [3.63, 3.8) is 0 Å². The van der Waals surface area contributed by atoms with Crippen molar-refractivity contribution in [1.29, 1.82) is 0 Å². The third-order valence-electron chi connectivity index (χ3n) is 6.36. The molecular formula is C32H31NOPS+.